The van der Waals surface area contributed by atoms with E-state index in [1.807, 2.05) is 25.1 Å². The molecule has 0 aliphatic rings. The Morgan fingerprint density at radius 1 is 1.48 bits per heavy atom. The molecule has 6 heteroatoms. The van der Waals surface area contributed by atoms with Crippen LogP contribution in [0.2, 0.25) is 0 Å². The van der Waals surface area contributed by atoms with Crippen molar-refractivity contribution in [1.29, 1.82) is 0 Å². The van der Waals surface area contributed by atoms with Crippen LogP contribution >= 0.6 is 11.3 Å². The van der Waals surface area contributed by atoms with Crippen LogP contribution in [0.4, 0.5) is 0 Å². The molecule has 1 aromatic heterocycles. The van der Waals surface area contributed by atoms with Gasteiger partial charge in [-0.05, 0) is 25.1 Å². The number of hydrogen-bond donors (Lipinski definition) is 1. The zero-order chi connectivity index (χ0) is 15.2. The highest BCUT2D eigenvalue weighted by Gasteiger charge is 2.14. The Kier molecular flexibility index (Phi) is 4.94. The molecule has 1 aromatic carbocycles. The summed E-state index contributed by atoms with van der Waals surface area (Å²) in [6.45, 7) is 2.42. The van der Waals surface area contributed by atoms with Gasteiger partial charge >= 0.3 is 5.97 Å². The second-order valence-electron chi connectivity index (χ2n) is 4.02. The summed E-state index contributed by atoms with van der Waals surface area (Å²) in [6, 6.07) is 5.59. The van der Waals surface area contributed by atoms with E-state index < -0.39 is 5.97 Å². The summed E-state index contributed by atoms with van der Waals surface area (Å²) < 4.78 is 11.0. The Hall–Kier alpha value is -2.34. The summed E-state index contributed by atoms with van der Waals surface area (Å²) in [7, 11) is 1.59. The van der Waals surface area contributed by atoms with Crippen LogP contribution in [-0.4, -0.2) is 29.8 Å². The molecule has 0 spiro atoms. The molecule has 0 saturated carbocycles. The number of aliphatic carboxylic acids is 1. The van der Waals surface area contributed by atoms with E-state index in [9.17, 15) is 4.79 Å². The van der Waals surface area contributed by atoms with Gasteiger partial charge in [0.1, 0.15) is 5.01 Å². The number of ether oxygens (including phenoxy) is 2. The third-order valence-electron chi connectivity index (χ3n) is 2.64. The van der Waals surface area contributed by atoms with Gasteiger partial charge in [-0.2, -0.15) is 0 Å². The Morgan fingerprint density at radius 2 is 2.29 bits per heavy atom. The molecule has 1 N–H and O–H groups in total. The lowest BCUT2D eigenvalue weighted by atomic mass is 10.2. The van der Waals surface area contributed by atoms with Crippen LogP contribution in [-0.2, 0) is 4.79 Å². The van der Waals surface area contributed by atoms with Gasteiger partial charge in [0.2, 0.25) is 0 Å². The fourth-order valence-electron chi connectivity index (χ4n) is 1.78. The van der Waals surface area contributed by atoms with Crippen molar-refractivity contribution in [2.45, 2.75) is 6.92 Å². The maximum absolute atomic E-state index is 10.5. The number of carboxylic acids is 1. The predicted octanol–water partition coefficient (Wildman–Crippen LogP) is 3.32. The number of carboxylic acid groups (broad SMARTS) is 1. The van der Waals surface area contributed by atoms with Crippen molar-refractivity contribution in [1.82, 2.24) is 4.98 Å². The van der Waals surface area contributed by atoms with Crippen LogP contribution in [0.15, 0.2) is 29.7 Å². The number of rotatable bonds is 6. The molecule has 0 atom stereocenters. The van der Waals surface area contributed by atoms with Gasteiger partial charge in [-0.25, -0.2) is 9.78 Å². The smallest absolute Gasteiger partial charge is 0.328 e. The average Bonchev–Trinajstić information content (AvgIpc) is 2.94. The maximum Gasteiger partial charge on any atom is 0.328 e. The molecule has 110 valence electrons. The van der Waals surface area contributed by atoms with Crippen molar-refractivity contribution >= 4 is 23.4 Å². The van der Waals surface area contributed by atoms with E-state index in [-0.39, 0.29) is 0 Å². The van der Waals surface area contributed by atoms with Crippen LogP contribution in [0.5, 0.6) is 11.5 Å². The summed E-state index contributed by atoms with van der Waals surface area (Å²) in [4.78, 5) is 14.9. The molecule has 0 aliphatic heterocycles. The number of thiazole rings is 1. The minimum Gasteiger partial charge on any atom is -0.493 e. The second kappa shape index (κ2) is 6.90. The lowest BCUT2D eigenvalue weighted by molar-refractivity contribution is -0.131. The Labute approximate surface area is 126 Å². The molecular weight excluding hydrogens is 290 g/mol. The van der Waals surface area contributed by atoms with Gasteiger partial charge in [0, 0.05) is 11.5 Å². The molecule has 21 heavy (non-hydrogen) atoms. The van der Waals surface area contributed by atoms with Crippen LogP contribution in [0.3, 0.4) is 0 Å². The number of para-hydroxylation sites is 1. The highest BCUT2D eigenvalue weighted by atomic mass is 32.1. The van der Waals surface area contributed by atoms with Crippen molar-refractivity contribution in [2.24, 2.45) is 0 Å². The van der Waals surface area contributed by atoms with Crippen LogP contribution in [0.1, 0.15) is 12.6 Å². The van der Waals surface area contributed by atoms with E-state index >= 15 is 0 Å². The van der Waals surface area contributed by atoms with Crippen molar-refractivity contribution in [3.05, 3.63) is 35.3 Å². The summed E-state index contributed by atoms with van der Waals surface area (Å²) in [5.74, 6) is 0.290. The van der Waals surface area contributed by atoms with Crippen LogP contribution in [0.25, 0.3) is 16.6 Å². The molecule has 0 saturated heterocycles. The summed E-state index contributed by atoms with van der Waals surface area (Å²) in [5.41, 5.74) is 1.43. The number of carbonyl (C=O) groups is 1. The van der Waals surface area contributed by atoms with E-state index in [0.717, 1.165) is 16.6 Å². The van der Waals surface area contributed by atoms with E-state index in [1.165, 1.54) is 17.4 Å². The first kappa shape index (κ1) is 15.1. The van der Waals surface area contributed by atoms with E-state index in [0.29, 0.717) is 23.8 Å². The lowest BCUT2D eigenvalue weighted by Crippen LogP contribution is -1.97. The van der Waals surface area contributed by atoms with E-state index in [2.05, 4.69) is 4.98 Å². The fourth-order valence-corrected chi connectivity index (χ4v) is 2.59. The normalized spacial score (nSPS) is 10.8. The highest BCUT2D eigenvalue weighted by molar-refractivity contribution is 7.13. The SMILES string of the molecule is CCOc1c(OC)cccc1-c1nc(/C=C/C(=O)O)cs1. The molecule has 0 amide bonds. The quantitative estimate of drug-likeness (QED) is 0.829. The summed E-state index contributed by atoms with van der Waals surface area (Å²) in [5, 5.41) is 11.2. The topological polar surface area (TPSA) is 68.7 Å². The molecule has 5 nitrogen and oxygen atoms in total. The summed E-state index contributed by atoms with van der Waals surface area (Å²) >= 11 is 1.42. The Morgan fingerprint density at radius 3 is 2.95 bits per heavy atom. The predicted molar refractivity (Wildman–Crippen MR) is 81.9 cm³/mol. The molecule has 0 bridgehead atoms. The van der Waals surface area contributed by atoms with Crippen molar-refractivity contribution < 1.29 is 19.4 Å². The van der Waals surface area contributed by atoms with Crippen molar-refractivity contribution in [2.75, 3.05) is 13.7 Å². The third kappa shape index (κ3) is 3.61. The molecule has 2 aromatic rings. The van der Waals surface area contributed by atoms with Gasteiger partial charge < -0.3 is 14.6 Å². The minimum atomic E-state index is -0.999. The third-order valence-corrected chi connectivity index (χ3v) is 3.53. The van der Waals surface area contributed by atoms with Gasteiger partial charge in [-0.3, -0.25) is 0 Å². The molecule has 2 rings (SSSR count). The molecule has 0 radical (unpaired) electrons. The zero-order valence-corrected chi connectivity index (χ0v) is 12.5. The van der Waals surface area contributed by atoms with E-state index in [4.69, 9.17) is 14.6 Å². The lowest BCUT2D eigenvalue weighted by Gasteiger charge is -2.12. The number of hydrogen-bond acceptors (Lipinski definition) is 5. The Bertz CT molecular complexity index is 663. The second-order valence-corrected chi connectivity index (χ2v) is 4.88. The molecule has 0 fully saturated rings. The first-order valence-electron chi connectivity index (χ1n) is 6.32. The minimum absolute atomic E-state index is 0.518. The summed E-state index contributed by atoms with van der Waals surface area (Å²) in [6.07, 6.45) is 2.52. The number of aromatic nitrogens is 1. The van der Waals surface area contributed by atoms with Crippen LogP contribution in [0, 0.1) is 0 Å². The number of benzene rings is 1. The highest BCUT2D eigenvalue weighted by Crippen LogP contribution is 2.39. The molecule has 1 heterocycles. The standard InChI is InChI=1S/C15H15NO4S/c1-3-20-14-11(5-4-6-12(14)19-2)15-16-10(9-21-15)7-8-13(17)18/h4-9H,3H2,1-2H3,(H,17,18)/b8-7+. The maximum atomic E-state index is 10.5. The first-order valence-corrected chi connectivity index (χ1v) is 7.20. The number of methoxy groups -OCH3 is 1. The Balaban J connectivity index is 2.40. The molecule has 0 aliphatic carbocycles. The van der Waals surface area contributed by atoms with Gasteiger partial charge in [-0.1, -0.05) is 6.07 Å². The van der Waals surface area contributed by atoms with Crippen molar-refractivity contribution in [3.8, 4) is 22.1 Å². The zero-order valence-electron chi connectivity index (χ0n) is 11.7. The van der Waals surface area contributed by atoms with Crippen molar-refractivity contribution in [3.63, 3.8) is 0 Å². The fraction of sp³-hybridized carbons (Fsp3) is 0.200. The van der Waals surface area contributed by atoms with Gasteiger partial charge in [0.15, 0.2) is 11.5 Å². The molecular formula is C15H15NO4S. The van der Waals surface area contributed by atoms with Gasteiger partial charge in [0.05, 0.1) is 25.0 Å². The van der Waals surface area contributed by atoms with Crippen LogP contribution < -0.4 is 9.47 Å². The first-order chi connectivity index (χ1) is 10.2. The largest absolute Gasteiger partial charge is 0.493 e. The van der Waals surface area contributed by atoms with Gasteiger partial charge in [0.25, 0.3) is 0 Å². The monoisotopic (exact) mass is 305 g/mol. The van der Waals surface area contributed by atoms with Gasteiger partial charge in [-0.15, -0.1) is 11.3 Å². The number of nitrogens with zero attached hydrogens (tertiary/aromatic N) is 1. The van der Waals surface area contributed by atoms with E-state index in [1.54, 1.807) is 12.5 Å². The average molecular weight is 305 g/mol. The molecule has 0 unspecified atom stereocenters.